The number of hydrogen-bond acceptors (Lipinski definition) is 2. The summed E-state index contributed by atoms with van der Waals surface area (Å²) in [7, 11) is 0. The normalized spacial score (nSPS) is 13.7. The van der Waals surface area contributed by atoms with Gasteiger partial charge in [-0.3, -0.25) is 9.59 Å². The van der Waals surface area contributed by atoms with Crippen molar-refractivity contribution in [2.45, 2.75) is 26.2 Å². The molecule has 1 aliphatic heterocycles. The molecule has 5 heteroatoms. The molecule has 0 unspecified atom stereocenters. The van der Waals surface area contributed by atoms with Crippen LogP contribution < -0.4 is 10.6 Å². The Bertz CT molecular complexity index is 787. The maximum absolute atomic E-state index is 12.4. The maximum atomic E-state index is 12.4. The molecular formula is C18H17ClN2O2. The number of rotatable bonds is 2. The second-order valence-electron chi connectivity index (χ2n) is 5.69. The van der Waals surface area contributed by atoms with Crippen molar-refractivity contribution in [3.05, 3.63) is 58.1 Å². The van der Waals surface area contributed by atoms with Gasteiger partial charge >= 0.3 is 0 Å². The number of anilines is 2. The number of carbonyl (C=O) groups excluding carboxylic acids is 2. The monoisotopic (exact) mass is 328 g/mol. The highest BCUT2D eigenvalue weighted by Gasteiger charge is 2.15. The standard InChI is InChI=1S/C18H17ClN2O2/c1-11-5-7-14(10-15(11)19)20-18(23)13-6-8-16-12(9-13)3-2-4-17(22)21-16/h5-10H,2-4H2,1H3,(H,20,23)(H,21,22). The summed E-state index contributed by atoms with van der Waals surface area (Å²) in [5.74, 6) is -0.168. The molecule has 2 amide bonds. The van der Waals surface area contributed by atoms with E-state index in [4.69, 9.17) is 11.6 Å². The fourth-order valence-corrected chi connectivity index (χ4v) is 2.77. The van der Waals surface area contributed by atoms with Crippen LogP contribution in [0.2, 0.25) is 5.02 Å². The summed E-state index contributed by atoms with van der Waals surface area (Å²) >= 11 is 6.08. The molecule has 118 valence electrons. The Morgan fingerprint density at radius 3 is 2.78 bits per heavy atom. The third kappa shape index (κ3) is 3.54. The number of amides is 2. The van der Waals surface area contributed by atoms with Gasteiger partial charge in [-0.05, 0) is 61.2 Å². The molecular weight excluding hydrogens is 312 g/mol. The van der Waals surface area contributed by atoms with E-state index in [-0.39, 0.29) is 11.8 Å². The minimum absolute atomic E-state index is 0.0234. The minimum atomic E-state index is -0.191. The van der Waals surface area contributed by atoms with Crippen molar-refractivity contribution in [1.29, 1.82) is 0 Å². The van der Waals surface area contributed by atoms with E-state index >= 15 is 0 Å². The fraction of sp³-hybridized carbons (Fsp3) is 0.222. The van der Waals surface area contributed by atoms with Gasteiger partial charge in [0, 0.05) is 28.4 Å². The summed E-state index contributed by atoms with van der Waals surface area (Å²) in [5.41, 5.74) is 3.98. The molecule has 4 nitrogen and oxygen atoms in total. The number of benzene rings is 2. The van der Waals surface area contributed by atoms with E-state index in [2.05, 4.69) is 10.6 Å². The summed E-state index contributed by atoms with van der Waals surface area (Å²) < 4.78 is 0. The summed E-state index contributed by atoms with van der Waals surface area (Å²) in [6, 6.07) is 10.8. The van der Waals surface area contributed by atoms with Gasteiger partial charge in [0.2, 0.25) is 5.91 Å². The molecule has 1 heterocycles. The van der Waals surface area contributed by atoms with E-state index in [1.54, 1.807) is 18.2 Å². The average Bonchev–Trinajstić information content (AvgIpc) is 2.70. The van der Waals surface area contributed by atoms with Crippen LogP contribution in [0.4, 0.5) is 11.4 Å². The van der Waals surface area contributed by atoms with Crippen molar-refractivity contribution in [2.75, 3.05) is 10.6 Å². The van der Waals surface area contributed by atoms with Gasteiger partial charge in [-0.15, -0.1) is 0 Å². The predicted molar refractivity (Wildman–Crippen MR) is 92.2 cm³/mol. The van der Waals surface area contributed by atoms with Gasteiger partial charge in [-0.1, -0.05) is 17.7 Å². The van der Waals surface area contributed by atoms with Crippen molar-refractivity contribution in [2.24, 2.45) is 0 Å². The lowest BCUT2D eigenvalue weighted by molar-refractivity contribution is -0.116. The van der Waals surface area contributed by atoms with Crippen LogP contribution in [0.3, 0.4) is 0 Å². The molecule has 0 saturated heterocycles. The quantitative estimate of drug-likeness (QED) is 0.869. The summed E-state index contributed by atoms with van der Waals surface area (Å²) in [6.07, 6.45) is 2.08. The van der Waals surface area contributed by atoms with E-state index in [1.165, 1.54) is 0 Å². The molecule has 0 atom stereocenters. The second-order valence-corrected chi connectivity index (χ2v) is 6.10. The Hall–Kier alpha value is -2.33. The molecule has 3 rings (SSSR count). The first-order chi connectivity index (χ1) is 11.0. The Balaban J connectivity index is 1.81. The zero-order valence-electron chi connectivity index (χ0n) is 12.8. The smallest absolute Gasteiger partial charge is 0.255 e. The number of carbonyl (C=O) groups is 2. The molecule has 0 saturated carbocycles. The van der Waals surface area contributed by atoms with Crippen molar-refractivity contribution in [1.82, 2.24) is 0 Å². The van der Waals surface area contributed by atoms with Gasteiger partial charge < -0.3 is 10.6 Å². The van der Waals surface area contributed by atoms with Gasteiger partial charge in [-0.25, -0.2) is 0 Å². The molecule has 0 bridgehead atoms. The lowest BCUT2D eigenvalue weighted by Crippen LogP contribution is -2.13. The molecule has 23 heavy (non-hydrogen) atoms. The number of halogens is 1. The SMILES string of the molecule is Cc1ccc(NC(=O)c2ccc3c(c2)CCCC(=O)N3)cc1Cl. The number of fused-ring (bicyclic) bond motifs is 1. The zero-order chi connectivity index (χ0) is 16.4. The Labute approximate surface area is 139 Å². The average molecular weight is 329 g/mol. The predicted octanol–water partition coefficient (Wildman–Crippen LogP) is 4.18. The van der Waals surface area contributed by atoms with Crippen LogP contribution >= 0.6 is 11.6 Å². The lowest BCUT2D eigenvalue weighted by atomic mass is 10.0. The van der Waals surface area contributed by atoms with Crippen LogP contribution in [0.25, 0.3) is 0 Å². The Morgan fingerprint density at radius 1 is 1.17 bits per heavy atom. The van der Waals surface area contributed by atoms with Crippen LogP contribution in [0.5, 0.6) is 0 Å². The van der Waals surface area contributed by atoms with Crippen LogP contribution in [-0.4, -0.2) is 11.8 Å². The van der Waals surface area contributed by atoms with Gasteiger partial charge in [0.05, 0.1) is 0 Å². The van der Waals surface area contributed by atoms with Crippen molar-refractivity contribution < 1.29 is 9.59 Å². The first kappa shape index (κ1) is 15.6. The van der Waals surface area contributed by atoms with Gasteiger partial charge in [-0.2, -0.15) is 0 Å². The molecule has 0 aliphatic carbocycles. The summed E-state index contributed by atoms with van der Waals surface area (Å²) in [5, 5.41) is 6.33. The Morgan fingerprint density at radius 2 is 2.00 bits per heavy atom. The lowest BCUT2D eigenvalue weighted by Gasteiger charge is -2.10. The van der Waals surface area contributed by atoms with Crippen molar-refractivity contribution in [3.63, 3.8) is 0 Å². The van der Waals surface area contributed by atoms with Crippen LogP contribution in [0.15, 0.2) is 36.4 Å². The molecule has 2 aromatic carbocycles. The van der Waals surface area contributed by atoms with Gasteiger partial charge in [0.1, 0.15) is 0 Å². The molecule has 0 fully saturated rings. The molecule has 0 aromatic heterocycles. The number of nitrogens with one attached hydrogen (secondary N) is 2. The highest BCUT2D eigenvalue weighted by atomic mass is 35.5. The highest BCUT2D eigenvalue weighted by Crippen LogP contribution is 2.24. The Kier molecular flexibility index (Phi) is 4.35. The third-order valence-electron chi connectivity index (χ3n) is 3.92. The number of aryl methyl sites for hydroxylation is 2. The van der Waals surface area contributed by atoms with E-state index in [0.717, 1.165) is 29.7 Å². The van der Waals surface area contributed by atoms with E-state index in [0.29, 0.717) is 22.7 Å². The minimum Gasteiger partial charge on any atom is -0.326 e. The van der Waals surface area contributed by atoms with Crippen molar-refractivity contribution >= 4 is 34.8 Å². The van der Waals surface area contributed by atoms with Crippen LogP contribution in [0.1, 0.15) is 34.3 Å². The first-order valence-corrected chi connectivity index (χ1v) is 7.91. The van der Waals surface area contributed by atoms with Crippen LogP contribution in [0, 0.1) is 6.92 Å². The topological polar surface area (TPSA) is 58.2 Å². The molecule has 2 aromatic rings. The van der Waals surface area contributed by atoms with Crippen molar-refractivity contribution in [3.8, 4) is 0 Å². The molecule has 0 spiro atoms. The first-order valence-electron chi connectivity index (χ1n) is 7.53. The van der Waals surface area contributed by atoms with Gasteiger partial charge in [0.15, 0.2) is 0 Å². The highest BCUT2D eigenvalue weighted by molar-refractivity contribution is 6.31. The van der Waals surface area contributed by atoms with E-state index in [9.17, 15) is 9.59 Å². The second kappa shape index (κ2) is 6.42. The molecule has 2 N–H and O–H groups in total. The summed E-state index contributed by atoms with van der Waals surface area (Å²) in [6.45, 7) is 1.91. The zero-order valence-corrected chi connectivity index (χ0v) is 13.5. The van der Waals surface area contributed by atoms with Gasteiger partial charge in [0.25, 0.3) is 5.91 Å². The summed E-state index contributed by atoms with van der Waals surface area (Å²) in [4.78, 5) is 24.0. The molecule has 1 aliphatic rings. The molecule has 0 radical (unpaired) electrons. The third-order valence-corrected chi connectivity index (χ3v) is 4.33. The van der Waals surface area contributed by atoms with E-state index < -0.39 is 0 Å². The van der Waals surface area contributed by atoms with Crippen LogP contribution in [-0.2, 0) is 11.2 Å². The maximum Gasteiger partial charge on any atom is 0.255 e. The van der Waals surface area contributed by atoms with E-state index in [1.807, 2.05) is 25.1 Å². The largest absolute Gasteiger partial charge is 0.326 e. The fourth-order valence-electron chi connectivity index (χ4n) is 2.59. The number of hydrogen-bond donors (Lipinski definition) is 2.